The Morgan fingerprint density at radius 1 is 1.24 bits per heavy atom. The Morgan fingerprint density at radius 3 is 2.68 bits per heavy atom. The van der Waals surface area contributed by atoms with E-state index in [0.29, 0.717) is 32.7 Å². The molecule has 0 bridgehead atoms. The number of urea groups is 1. The van der Waals surface area contributed by atoms with Crippen molar-refractivity contribution in [3.05, 3.63) is 35.4 Å². The number of carbonyl (C=O) groups is 2. The standard InChI is InChI=1S/C18H28N4O3/c1-4-19-18(24)21-15-10-22(11-16(15)25-3)12-17(23)20-9-14-8-6-5-7-13(14)2/h5-8,15-16H,4,9-12H2,1-3H3,(H,20,23)(H2,19,21,24)/t15?,16-/m1/s1. The van der Waals surface area contributed by atoms with E-state index in [2.05, 4.69) is 16.0 Å². The van der Waals surface area contributed by atoms with Gasteiger partial charge in [0.25, 0.3) is 0 Å². The van der Waals surface area contributed by atoms with Gasteiger partial charge in [-0.25, -0.2) is 4.79 Å². The second-order valence-corrected chi connectivity index (χ2v) is 6.28. The molecule has 7 nitrogen and oxygen atoms in total. The molecule has 2 atom stereocenters. The molecule has 3 amide bonds. The minimum atomic E-state index is -0.208. The first-order valence-corrected chi connectivity index (χ1v) is 8.64. The number of carbonyl (C=O) groups excluding carboxylic acids is 2. The molecule has 138 valence electrons. The van der Waals surface area contributed by atoms with Gasteiger partial charge in [-0.1, -0.05) is 24.3 Å². The van der Waals surface area contributed by atoms with E-state index < -0.39 is 0 Å². The summed E-state index contributed by atoms with van der Waals surface area (Å²) in [6.07, 6.45) is -0.119. The Hall–Kier alpha value is -2.12. The van der Waals surface area contributed by atoms with Crippen LogP contribution in [0.4, 0.5) is 4.79 Å². The van der Waals surface area contributed by atoms with Crippen LogP contribution in [0.15, 0.2) is 24.3 Å². The number of amides is 3. The highest BCUT2D eigenvalue weighted by Crippen LogP contribution is 2.13. The van der Waals surface area contributed by atoms with Crippen LogP contribution in [0.5, 0.6) is 0 Å². The molecule has 0 spiro atoms. The van der Waals surface area contributed by atoms with Gasteiger partial charge in [0.05, 0.1) is 18.7 Å². The number of rotatable bonds is 7. The number of hydrogen-bond donors (Lipinski definition) is 3. The molecule has 0 radical (unpaired) electrons. The molecule has 1 saturated heterocycles. The summed E-state index contributed by atoms with van der Waals surface area (Å²) in [5.74, 6) is -0.0308. The van der Waals surface area contributed by atoms with E-state index in [1.165, 1.54) is 0 Å². The largest absolute Gasteiger partial charge is 0.378 e. The van der Waals surface area contributed by atoms with Crippen LogP contribution in [0, 0.1) is 6.92 Å². The summed E-state index contributed by atoms with van der Waals surface area (Å²) in [4.78, 5) is 25.9. The van der Waals surface area contributed by atoms with Crippen LogP contribution in [0.1, 0.15) is 18.1 Å². The second-order valence-electron chi connectivity index (χ2n) is 6.28. The second kappa shape index (κ2) is 9.39. The number of nitrogens with zero attached hydrogens (tertiary/aromatic N) is 1. The maximum absolute atomic E-state index is 12.2. The third-order valence-electron chi connectivity index (χ3n) is 4.40. The van der Waals surface area contributed by atoms with Crippen molar-refractivity contribution in [3.63, 3.8) is 0 Å². The molecule has 2 rings (SSSR count). The highest BCUT2D eigenvalue weighted by molar-refractivity contribution is 5.78. The molecule has 1 aliphatic rings. The lowest BCUT2D eigenvalue weighted by atomic mass is 10.1. The fourth-order valence-electron chi connectivity index (χ4n) is 3.00. The zero-order valence-electron chi connectivity index (χ0n) is 15.2. The van der Waals surface area contributed by atoms with Gasteiger partial charge in [0.15, 0.2) is 0 Å². The molecular formula is C18H28N4O3. The first kappa shape index (κ1) is 19.2. The van der Waals surface area contributed by atoms with Gasteiger partial charge in [-0.15, -0.1) is 0 Å². The van der Waals surface area contributed by atoms with Crippen LogP contribution < -0.4 is 16.0 Å². The Bertz CT molecular complexity index is 593. The van der Waals surface area contributed by atoms with Crippen LogP contribution in [0.2, 0.25) is 0 Å². The molecule has 3 N–H and O–H groups in total. The van der Waals surface area contributed by atoms with Gasteiger partial charge in [-0.05, 0) is 25.0 Å². The Morgan fingerprint density at radius 2 is 2.00 bits per heavy atom. The monoisotopic (exact) mass is 348 g/mol. The molecule has 1 aliphatic heterocycles. The summed E-state index contributed by atoms with van der Waals surface area (Å²) in [6, 6.07) is 7.66. The number of hydrogen-bond acceptors (Lipinski definition) is 4. The number of nitrogens with one attached hydrogen (secondary N) is 3. The highest BCUT2D eigenvalue weighted by Gasteiger charge is 2.34. The van der Waals surface area contributed by atoms with Gasteiger partial charge in [0.1, 0.15) is 0 Å². The zero-order valence-corrected chi connectivity index (χ0v) is 15.2. The first-order chi connectivity index (χ1) is 12.0. The zero-order chi connectivity index (χ0) is 18.2. The summed E-state index contributed by atoms with van der Waals surface area (Å²) in [5, 5.41) is 8.57. The highest BCUT2D eigenvalue weighted by atomic mass is 16.5. The molecule has 1 aromatic rings. The average Bonchev–Trinajstić information content (AvgIpc) is 2.95. The molecule has 0 aliphatic carbocycles. The normalized spacial score (nSPS) is 20.3. The third-order valence-corrected chi connectivity index (χ3v) is 4.40. The van der Waals surface area contributed by atoms with Crippen LogP contribution in [0.3, 0.4) is 0 Å². The van der Waals surface area contributed by atoms with Crippen molar-refractivity contribution in [1.82, 2.24) is 20.9 Å². The fourth-order valence-corrected chi connectivity index (χ4v) is 3.00. The summed E-state index contributed by atoms with van der Waals surface area (Å²) in [6.45, 7) is 6.49. The van der Waals surface area contributed by atoms with E-state index in [9.17, 15) is 9.59 Å². The maximum Gasteiger partial charge on any atom is 0.315 e. The minimum absolute atomic E-state index is 0.0308. The van der Waals surface area contributed by atoms with E-state index >= 15 is 0 Å². The summed E-state index contributed by atoms with van der Waals surface area (Å²) in [7, 11) is 1.62. The van der Waals surface area contributed by atoms with Crippen LogP contribution in [-0.4, -0.2) is 62.3 Å². The number of methoxy groups -OCH3 is 1. The molecular weight excluding hydrogens is 320 g/mol. The quantitative estimate of drug-likeness (QED) is 0.675. The van der Waals surface area contributed by atoms with Crippen molar-refractivity contribution in [2.24, 2.45) is 0 Å². The van der Waals surface area contributed by atoms with Crippen molar-refractivity contribution in [2.45, 2.75) is 32.5 Å². The van der Waals surface area contributed by atoms with Crippen LogP contribution >= 0.6 is 0 Å². The Labute approximate surface area is 149 Å². The van der Waals surface area contributed by atoms with E-state index in [4.69, 9.17) is 4.74 Å². The summed E-state index contributed by atoms with van der Waals surface area (Å²) in [5.41, 5.74) is 2.28. The van der Waals surface area contributed by atoms with E-state index in [-0.39, 0.29) is 24.1 Å². The third kappa shape index (κ3) is 5.72. The molecule has 0 aromatic heterocycles. The smallest absolute Gasteiger partial charge is 0.315 e. The molecule has 1 unspecified atom stereocenters. The van der Waals surface area contributed by atoms with Gasteiger partial charge < -0.3 is 20.7 Å². The lowest BCUT2D eigenvalue weighted by Crippen LogP contribution is -2.48. The SMILES string of the molecule is CCNC(=O)NC1CN(CC(=O)NCc2ccccc2C)C[C@H]1OC. The molecule has 1 aromatic carbocycles. The van der Waals surface area contributed by atoms with Crippen LogP contribution in [0.25, 0.3) is 0 Å². The van der Waals surface area contributed by atoms with Gasteiger partial charge >= 0.3 is 6.03 Å². The Balaban J connectivity index is 1.80. The molecule has 0 saturated carbocycles. The van der Waals surface area contributed by atoms with Gasteiger partial charge in [0, 0.05) is 33.3 Å². The van der Waals surface area contributed by atoms with Crippen LogP contribution in [-0.2, 0) is 16.1 Å². The average molecular weight is 348 g/mol. The number of likely N-dealkylation sites (tertiary alicyclic amines) is 1. The van der Waals surface area contributed by atoms with E-state index in [1.807, 2.05) is 43.0 Å². The summed E-state index contributed by atoms with van der Waals surface area (Å²) < 4.78 is 5.44. The van der Waals surface area contributed by atoms with Crippen molar-refractivity contribution in [3.8, 4) is 0 Å². The number of aryl methyl sites for hydroxylation is 1. The van der Waals surface area contributed by atoms with Crippen molar-refractivity contribution in [1.29, 1.82) is 0 Å². The van der Waals surface area contributed by atoms with Gasteiger partial charge in [-0.2, -0.15) is 0 Å². The van der Waals surface area contributed by atoms with E-state index in [1.54, 1.807) is 7.11 Å². The fraction of sp³-hybridized carbons (Fsp3) is 0.556. The minimum Gasteiger partial charge on any atom is -0.378 e. The lowest BCUT2D eigenvalue weighted by molar-refractivity contribution is -0.122. The molecule has 1 heterocycles. The lowest BCUT2D eigenvalue weighted by Gasteiger charge is -2.18. The number of ether oxygens (including phenoxy) is 1. The van der Waals surface area contributed by atoms with E-state index in [0.717, 1.165) is 11.1 Å². The van der Waals surface area contributed by atoms with Crippen molar-refractivity contribution >= 4 is 11.9 Å². The Kier molecular flexibility index (Phi) is 7.21. The molecule has 25 heavy (non-hydrogen) atoms. The predicted octanol–water partition coefficient (Wildman–Crippen LogP) is 0.630. The van der Waals surface area contributed by atoms with Crippen molar-refractivity contribution in [2.75, 3.05) is 33.3 Å². The van der Waals surface area contributed by atoms with Crippen molar-refractivity contribution < 1.29 is 14.3 Å². The number of benzene rings is 1. The van der Waals surface area contributed by atoms with Gasteiger partial charge in [-0.3, -0.25) is 9.69 Å². The topological polar surface area (TPSA) is 82.7 Å². The van der Waals surface area contributed by atoms with Gasteiger partial charge in [0.2, 0.25) is 5.91 Å². The molecule has 7 heteroatoms. The maximum atomic E-state index is 12.2. The molecule has 1 fully saturated rings. The summed E-state index contributed by atoms with van der Waals surface area (Å²) >= 11 is 0. The predicted molar refractivity (Wildman–Crippen MR) is 96.3 cm³/mol. The first-order valence-electron chi connectivity index (χ1n) is 8.64.